The van der Waals surface area contributed by atoms with Gasteiger partial charge in [-0.25, -0.2) is 4.39 Å². The summed E-state index contributed by atoms with van der Waals surface area (Å²) in [7, 11) is 2.06. The van der Waals surface area contributed by atoms with Gasteiger partial charge in [-0.05, 0) is 51.1 Å². The largest absolute Gasteiger partial charge is 0.360 e. The molecular weight excluding hydrogens is 405 g/mol. The SMILES string of the molecule is Cc1onc(-c2c(F)cccc2Cl)c1C(=O)NCc1ccccc1CN(C)C(C)C. The van der Waals surface area contributed by atoms with Gasteiger partial charge in [0, 0.05) is 19.1 Å². The normalized spacial score (nSPS) is 11.3. The van der Waals surface area contributed by atoms with Crippen molar-refractivity contribution in [3.8, 4) is 11.3 Å². The second kappa shape index (κ2) is 9.41. The number of nitrogens with one attached hydrogen (secondary N) is 1. The predicted molar refractivity (Wildman–Crippen MR) is 116 cm³/mol. The van der Waals surface area contributed by atoms with E-state index in [0.29, 0.717) is 18.3 Å². The zero-order chi connectivity index (χ0) is 21.8. The zero-order valence-corrected chi connectivity index (χ0v) is 18.3. The molecule has 0 spiro atoms. The first kappa shape index (κ1) is 22.0. The van der Waals surface area contributed by atoms with Crippen LogP contribution >= 0.6 is 11.6 Å². The molecule has 1 amide bonds. The lowest BCUT2D eigenvalue weighted by molar-refractivity contribution is 0.0949. The van der Waals surface area contributed by atoms with Gasteiger partial charge in [-0.1, -0.05) is 47.1 Å². The minimum absolute atomic E-state index is 0.0557. The van der Waals surface area contributed by atoms with Crippen LogP contribution in [-0.2, 0) is 13.1 Å². The van der Waals surface area contributed by atoms with Crippen LogP contribution < -0.4 is 5.32 Å². The van der Waals surface area contributed by atoms with Crippen molar-refractivity contribution in [1.29, 1.82) is 0 Å². The van der Waals surface area contributed by atoms with E-state index in [9.17, 15) is 9.18 Å². The summed E-state index contributed by atoms with van der Waals surface area (Å²) in [5.74, 6) is -0.656. The summed E-state index contributed by atoms with van der Waals surface area (Å²) < 4.78 is 19.6. The summed E-state index contributed by atoms with van der Waals surface area (Å²) in [4.78, 5) is 15.2. The molecule has 0 saturated heterocycles. The van der Waals surface area contributed by atoms with Crippen molar-refractivity contribution in [3.05, 3.63) is 75.8 Å². The number of carbonyl (C=O) groups excluding carboxylic acids is 1. The Labute approximate surface area is 180 Å². The lowest BCUT2D eigenvalue weighted by atomic mass is 10.0. The number of aryl methyl sites for hydroxylation is 1. The Hall–Kier alpha value is -2.70. The molecule has 0 atom stereocenters. The Morgan fingerprint density at radius 3 is 2.57 bits per heavy atom. The minimum Gasteiger partial charge on any atom is -0.360 e. The number of rotatable bonds is 7. The van der Waals surface area contributed by atoms with Crippen LogP contribution in [0.5, 0.6) is 0 Å². The van der Waals surface area contributed by atoms with Gasteiger partial charge in [0.25, 0.3) is 5.91 Å². The van der Waals surface area contributed by atoms with Gasteiger partial charge in [0.2, 0.25) is 0 Å². The van der Waals surface area contributed by atoms with E-state index in [-0.39, 0.29) is 21.8 Å². The van der Waals surface area contributed by atoms with Gasteiger partial charge < -0.3 is 9.84 Å². The van der Waals surface area contributed by atoms with Gasteiger partial charge in [0.15, 0.2) is 0 Å². The Balaban J connectivity index is 1.83. The van der Waals surface area contributed by atoms with Gasteiger partial charge in [-0.3, -0.25) is 9.69 Å². The molecule has 3 aromatic rings. The second-order valence-corrected chi connectivity index (χ2v) is 7.93. The predicted octanol–water partition coefficient (Wildman–Crippen LogP) is 5.21. The maximum absolute atomic E-state index is 14.4. The highest BCUT2D eigenvalue weighted by molar-refractivity contribution is 6.33. The number of amides is 1. The minimum atomic E-state index is -0.563. The Morgan fingerprint density at radius 1 is 1.20 bits per heavy atom. The molecular formula is C23H25ClFN3O2. The molecule has 0 fully saturated rings. The number of nitrogens with zero attached hydrogens (tertiary/aromatic N) is 2. The number of benzene rings is 2. The van der Waals surface area contributed by atoms with Crippen molar-refractivity contribution in [3.63, 3.8) is 0 Å². The Bertz CT molecular complexity index is 1030. The zero-order valence-electron chi connectivity index (χ0n) is 17.5. The molecule has 1 N–H and O–H groups in total. The van der Waals surface area contributed by atoms with Gasteiger partial charge >= 0.3 is 0 Å². The van der Waals surface area contributed by atoms with E-state index in [1.807, 2.05) is 18.2 Å². The van der Waals surface area contributed by atoms with Crippen LogP contribution in [-0.4, -0.2) is 29.1 Å². The van der Waals surface area contributed by atoms with Crippen molar-refractivity contribution in [2.75, 3.05) is 7.05 Å². The molecule has 0 radical (unpaired) electrons. The number of hydrogen-bond acceptors (Lipinski definition) is 4. The molecule has 1 aromatic heterocycles. The quantitative estimate of drug-likeness (QED) is 0.560. The van der Waals surface area contributed by atoms with Crippen LogP contribution in [0.1, 0.15) is 41.1 Å². The molecule has 0 aliphatic rings. The Kier molecular flexibility index (Phi) is 6.90. The molecule has 7 heteroatoms. The lowest BCUT2D eigenvalue weighted by Gasteiger charge is -2.22. The number of halogens is 2. The van der Waals surface area contributed by atoms with Gasteiger partial charge in [0.05, 0.1) is 10.6 Å². The summed E-state index contributed by atoms with van der Waals surface area (Å²) in [6, 6.07) is 12.7. The molecule has 0 bridgehead atoms. The van der Waals surface area contributed by atoms with Crippen molar-refractivity contribution in [2.24, 2.45) is 0 Å². The molecule has 1 heterocycles. The van der Waals surface area contributed by atoms with Crippen LogP contribution in [0.4, 0.5) is 4.39 Å². The second-order valence-electron chi connectivity index (χ2n) is 7.52. The van der Waals surface area contributed by atoms with Crippen LogP contribution in [0, 0.1) is 12.7 Å². The molecule has 2 aromatic carbocycles. The first-order valence-corrected chi connectivity index (χ1v) is 10.1. The molecule has 0 saturated carbocycles. The molecule has 5 nitrogen and oxygen atoms in total. The van der Waals surface area contributed by atoms with Crippen molar-refractivity contribution < 1.29 is 13.7 Å². The summed E-state index contributed by atoms with van der Waals surface area (Å²) in [6.45, 7) is 6.98. The number of carbonyl (C=O) groups is 1. The summed E-state index contributed by atoms with van der Waals surface area (Å²) in [5, 5.41) is 6.97. The fourth-order valence-electron chi connectivity index (χ4n) is 3.13. The maximum Gasteiger partial charge on any atom is 0.257 e. The fourth-order valence-corrected chi connectivity index (χ4v) is 3.39. The summed E-state index contributed by atoms with van der Waals surface area (Å²) >= 11 is 6.16. The molecule has 3 rings (SSSR count). The van der Waals surface area contributed by atoms with Crippen LogP contribution in [0.3, 0.4) is 0 Å². The van der Waals surface area contributed by atoms with E-state index in [1.165, 1.54) is 12.1 Å². The van der Waals surface area contributed by atoms with Crippen LogP contribution in [0.15, 0.2) is 47.0 Å². The van der Waals surface area contributed by atoms with Gasteiger partial charge in [-0.15, -0.1) is 0 Å². The van der Waals surface area contributed by atoms with Gasteiger partial charge in [0.1, 0.15) is 22.8 Å². The average molecular weight is 430 g/mol. The topological polar surface area (TPSA) is 58.4 Å². The first-order valence-electron chi connectivity index (χ1n) is 9.75. The van der Waals surface area contributed by atoms with E-state index in [2.05, 4.69) is 42.3 Å². The standard InChI is InChI=1S/C23H25ClFN3O2/c1-14(2)28(4)13-17-9-6-5-8-16(17)12-26-23(29)20-15(3)30-27-22(20)21-18(24)10-7-11-19(21)25/h5-11,14H,12-13H2,1-4H3,(H,26,29). The van der Waals surface area contributed by atoms with Crippen molar-refractivity contribution >= 4 is 17.5 Å². The van der Waals surface area contributed by atoms with E-state index in [0.717, 1.165) is 17.7 Å². The van der Waals surface area contributed by atoms with E-state index < -0.39 is 11.7 Å². The number of aromatic nitrogens is 1. The van der Waals surface area contributed by atoms with Crippen LogP contribution in [0.25, 0.3) is 11.3 Å². The number of hydrogen-bond donors (Lipinski definition) is 1. The average Bonchev–Trinajstić information content (AvgIpc) is 3.08. The smallest absolute Gasteiger partial charge is 0.257 e. The highest BCUT2D eigenvalue weighted by atomic mass is 35.5. The molecule has 0 aliphatic heterocycles. The fraction of sp³-hybridized carbons (Fsp3) is 0.304. The molecule has 0 aliphatic carbocycles. The maximum atomic E-state index is 14.4. The van der Waals surface area contributed by atoms with Crippen molar-refractivity contribution in [1.82, 2.24) is 15.4 Å². The molecule has 158 valence electrons. The Morgan fingerprint density at radius 2 is 1.90 bits per heavy atom. The highest BCUT2D eigenvalue weighted by Crippen LogP contribution is 2.33. The van der Waals surface area contributed by atoms with Crippen molar-refractivity contribution in [2.45, 2.75) is 39.9 Å². The third-order valence-corrected chi connectivity index (χ3v) is 5.46. The molecule has 30 heavy (non-hydrogen) atoms. The van der Waals surface area contributed by atoms with Crippen LogP contribution in [0.2, 0.25) is 5.02 Å². The summed E-state index contributed by atoms with van der Waals surface area (Å²) in [6.07, 6.45) is 0. The van der Waals surface area contributed by atoms with E-state index in [4.69, 9.17) is 16.1 Å². The van der Waals surface area contributed by atoms with Gasteiger partial charge in [-0.2, -0.15) is 0 Å². The lowest BCUT2D eigenvalue weighted by Crippen LogP contribution is -2.28. The van der Waals surface area contributed by atoms with E-state index >= 15 is 0 Å². The highest BCUT2D eigenvalue weighted by Gasteiger charge is 2.25. The monoisotopic (exact) mass is 429 g/mol. The first-order chi connectivity index (χ1) is 14.3. The summed E-state index contributed by atoms with van der Waals surface area (Å²) in [5.41, 5.74) is 2.48. The third-order valence-electron chi connectivity index (χ3n) is 5.15. The third kappa shape index (κ3) is 4.71. The van der Waals surface area contributed by atoms with E-state index in [1.54, 1.807) is 13.0 Å². The molecule has 0 unspecified atom stereocenters.